The number of nitrogens with one attached hydrogen (secondary N) is 1. The topological polar surface area (TPSA) is 62.3 Å². The number of aryl methyl sites for hydroxylation is 1. The van der Waals surface area contributed by atoms with Gasteiger partial charge in [0.15, 0.2) is 0 Å². The third-order valence-corrected chi connectivity index (χ3v) is 4.72. The maximum Gasteiger partial charge on any atom is 0.247 e. The van der Waals surface area contributed by atoms with Crippen molar-refractivity contribution in [2.45, 2.75) is 46.6 Å². The summed E-state index contributed by atoms with van der Waals surface area (Å²) < 4.78 is 0. The first-order valence-corrected chi connectivity index (χ1v) is 9.09. The van der Waals surface area contributed by atoms with E-state index in [4.69, 9.17) is 4.98 Å². The summed E-state index contributed by atoms with van der Waals surface area (Å²) in [6.07, 6.45) is 3.65. The number of allylic oxidation sites excluding steroid dienone is 1. The van der Waals surface area contributed by atoms with Gasteiger partial charge in [-0.15, -0.1) is 0 Å². The zero-order chi connectivity index (χ0) is 18.8. The van der Waals surface area contributed by atoms with Gasteiger partial charge in [-0.2, -0.15) is 0 Å². The number of aromatic nitrogens is 1. The Morgan fingerprint density at radius 2 is 2.00 bits per heavy atom. The van der Waals surface area contributed by atoms with Crippen LogP contribution in [0.5, 0.6) is 0 Å². The molecule has 1 aliphatic rings. The molecule has 0 aliphatic carbocycles. The van der Waals surface area contributed by atoms with Gasteiger partial charge < -0.3 is 10.2 Å². The maximum atomic E-state index is 12.9. The number of carbonyl (C=O) groups is 2. The summed E-state index contributed by atoms with van der Waals surface area (Å²) in [5.74, 6) is -0.317. The highest BCUT2D eigenvalue weighted by Crippen LogP contribution is 2.36. The molecule has 1 aromatic heterocycles. The SMILES string of the molecule is CCCCNC(=O)C1c2cc3cc(C)ccc3nc2C(C)=CN1C(C)=O. The van der Waals surface area contributed by atoms with Gasteiger partial charge in [0, 0.05) is 30.6 Å². The number of unbranched alkanes of at least 4 members (excludes halogenated alkanes) is 1. The van der Waals surface area contributed by atoms with Crippen LogP contribution in [0.15, 0.2) is 30.5 Å². The molecule has 2 aromatic rings. The number of hydrogen-bond donors (Lipinski definition) is 1. The van der Waals surface area contributed by atoms with Gasteiger partial charge in [-0.05, 0) is 44.0 Å². The second kappa shape index (κ2) is 7.28. The van der Waals surface area contributed by atoms with Gasteiger partial charge in [0.2, 0.25) is 11.8 Å². The zero-order valence-electron chi connectivity index (χ0n) is 15.8. The molecule has 0 radical (unpaired) electrons. The second-order valence-electron chi connectivity index (χ2n) is 6.91. The molecule has 5 nitrogen and oxygen atoms in total. The monoisotopic (exact) mass is 351 g/mol. The predicted octanol–water partition coefficient (Wildman–Crippen LogP) is 3.72. The Kier molecular flexibility index (Phi) is 5.07. The van der Waals surface area contributed by atoms with Gasteiger partial charge in [-0.1, -0.05) is 25.0 Å². The van der Waals surface area contributed by atoms with Crippen LogP contribution in [0, 0.1) is 6.92 Å². The van der Waals surface area contributed by atoms with Crippen LogP contribution in [0.25, 0.3) is 16.5 Å². The lowest BCUT2D eigenvalue weighted by Crippen LogP contribution is -2.42. The van der Waals surface area contributed by atoms with E-state index in [9.17, 15) is 9.59 Å². The molecule has 2 amide bonds. The molecule has 1 unspecified atom stereocenters. The molecule has 5 heteroatoms. The normalized spacial score (nSPS) is 16.2. The number of rotatable bonds is 4. The summed E-state index contributed by atoms with van der Waals surface area (Å²) >= 11 is 0. The fourth-order valence-electron chi connectivity index (χ4n) is 3.36. The average Bonchev–Trinajstić information content (AvgIpc) is 2.60. The molecule has 26 heavy (non-hydrogen) atoms. The van der Waals surface area contributed by atoms with Crippen molar-refractivity contribution in [3.8, 4) is 0 Å². The highest BCUT2D eigenvalue weighted by molar-refractivity contribution is 5.94. The van der Waals surface area contributed by atoms with Crippen molar-refractivity contribution in [2.24, 2.45) is 0 Å². The van der Waals surface area contributed by atoms with Crippen molar-refractivity contribution in [3.63, 3.8) is 0 Å². The van der Waals surface area contributed by atoms with Crippen molar-refractivity contribution < 1.29 is 9.59 Å². The van der Waals surface area contributed by atoms with Gasteiger partial charge in [0.25, 0.3) is 0 Å². The van der Waals surface area contributed by atoms with E-state index in [0.29, 0.717) is 6.54 Å². The Balaban J connectivity index is 2.12. The van der Waals surface area contributed by atoms with Gasteiger partial charge in [-0.3, -0.25) is 9.59 Å². The predicted molar refractivity (Wildman–Crippen MR) is 103 cm³/mol. The first-order valence-electron chi connectivity index (χ1n) is 9.09. The minimum absolute atomic E-state index is 0.157. The highest BCUT2D eigenvalue weighted by atomic mass is 16.2. The van der Waals surface area contributed by atoms with Crippen molar-refractivity contribution in [1.82, 2.24) is 15.2 Å². The van der Waals surface area contributed by atoms with Gasteiger partial charge in [0.1, 0.15) is 6.04 Å². The van der Waals surface area contributed by atoms with Crippen molar-refractivity contribution in [1.29, 1.82) is 0 Å². The molecule has 1 aromatic carbocycles. The van der Waals surface area contributed by atoms with Gasteiger partial charge in [-0.25, -0.2) is 4.98 Å². The third kappa shape index (κ3) is 3.34. The van der Waals surface area contributed by atoms with Crippen LogP contribution in [0.3, 0.4) is 0 Å². The largest absolute Gasteiger partial charge is 0.354 e. The van der Waals surface area contributed by atoms with Crippen LogP contribution in [-0.2, 0) is 9.59 Å². The summed E-state index contributed by atoms with van der Waals surface area (Å²) in [5.41, 5.74) is 4.48. The van der Waals surface area contributed by atoms with Crippen molar-refractivity contribution in [2.75, 3.05) is 6.54 Å². The van der Waals surface area contributed by atoms with E-state index >= 15 is 0 Å². The number of nitrogens with zero attached hydrogens (tertiary/aromatic N) is 2. The minimum atomic E-state index is -0.680. The van der Waals surface area contributed by atoms with Crippen molar-refractivity contribution in [3.05, 3.63) is 47.3 Å². The van der Waals surface area contributed by atoms with Crippen molar-refractivity contribution >= 4 is 28.3 Å². The molecule has 0 saturated heterocycles. The summed E-state index contributed by atoms with van der Waals surface area (Å²) in [7, 11) is 0. The van der Waals surface area contributed by atoms with Gasteiger partial charge >= 0.3 is 0 Å². The molecular weight excluding hydrogens is 326 g/mol. The molecule has 3 rings (SSSR count). The van der Waals surface area contributed by atoms with E-state index in [2.05, 4.69) is 18.3 Å². The molecule has 136 valence electrons. The van der Waals surface area contributed by atoms with Crippen LogP contribution >= 0.6 is 0 Å². The average molecular weight is 351 g/mol. The second-order valence-corrected chi connectivity index (χ2v) is 6.91. The molecule has 0 fully saturated rings. The van der Waals surface area contributed by atoms with E-state index in [1.54, 1.807) is 6.20 Å². The lowest BCUT2D eigenvalue weighted by molar-refractivity contribution is -0.136. The standard InChI is InChI=1S/C21H25N3O2/c1-5-6-9-22-21(26)20-17-11-16-10-13(2)7-8-18(16)23-19(17)14(3)12-24(20)15(4)25/h7-8,10-12,20H,5-6,9H2,1-4H3,(H,22,26). The molecule has 0 saturated carbocycles. The number of fused-ring (bicyclic) bond motifs is 2. The molecule has 0 spiro atoms. The van der Waals surface area contributed by atoms with Crippen LogP contribution in [0.4, 0.5) is 0 Å². The fraction of sp³-hybridized carbons (Fsp3) is 0.381. The van der Waals surface area contributed by atoms with Crippen LogP contribution in [-0.4, -0.2) is 28.2 Å². The summed E-state index contributed by atoms with van der Waals surface area (Å²) in [4.78, 5) is 31.4. The fourth-order valence-corrected chi connectivity index (χ4v) is 3.36. The van der Waals surface area contributed by atoms with E-state index in [1.807, 2.05) is 32.0 Å². The van der Waals surface area contributed by atoms with Crippen LogP contribution in [0.2, 0.25) is 0 Å². The minimum Gasteiger partial charge on any atom is -0.354 e. The van der Waals surface area contributed by atoms with Gasteiger partial charge in [0.05, 0.1) is 11.2 Å². The van der Waals surface area contributed by atoms with E-state index in [1.165, 1.54) is 11.8 Å². The lowest BCUT2D eigenvalue weighted by atomic mass is 9.93. The third-order valence-electron chi connectivity index (χ3n) is 4.72. The maximum absolute atomic E-state index is 12.9. The summed E-state index contributed by atoms with van der Waals surface area (Å²) in [5, 5.41) is 3.94. The Bertz CT molecular complexity index is 902. The molecule has 2 heterocycles. The number of amides is 2. The number of benzene rings is 1. The van der Waals surface area contributed by atoms with Crippen LogP contribution in [0.1, 0.15) is 56.5 Å². The zero-order valence-corrected chi connectivity index (χ0v) is 15.8. The Hall–Kier alpha value is -2.69. The van der Waals surface area contributed by atoms with E-state index in [0.717, 1.165) is 46.1 Å². The summed E-state index contributed by atoms with van der Waals surface area (Å²) in [6, 6.07) is 7.40. The molecule has 1 N–H and O–H groups in total. The quantitative estimate of drug-likeness (QED) is 0.854. The van der Waals surface area contributed by atoms with E-state index < -0.39 is 6.04 Å². The number of carbonyl (C=O) groups excluding carboxylic acids is 2. The smallest absolute Gasteiger partial charge is 0.247 e. The molecular formula is C21H25N3O2. The number of hydrogen-bond acceptors (Lipinski definition) is 3. The Labute approximate surface area is 154 Å². The number of pyridine rings is 1. The van der Waals surface area contributed by atoms with Crippen LogP contribution < -0.4 is 5.32 Å². The summed E-state index contributed by atoms with van der Waals surface area (Å²) in [6.45, 7) is 8.12. The molecule has 1 atom stereocenters. The lowest BCUT2D eigenvalue weighted by Gasteiger charge is -2.33. The first-order chi connectivity index (χ1) is 12.4. The Morgan fingerprint density at radius 1 is 1.23 bits per heavy atom. The first kappa shape index (κ1) is 18.1. The highest BCUT2D eigenvalue weighted by Gasteiger charge is 2.34. The molecule has 1 aliphatic heterocycles. The van der Waals surface area contributed by atoms with E-state index in [-0.39, 0.29) is 11.8 Å². The molecule has 0 bridgehead atoms. The Morgan fingerprint density at radius 3 is 2.69 bits per heavy atom.